The molecule has 1 atom stereocenters. The molecule has 2 aromatic heterocycles. The Morgan fingerprint density at radius 2 is 1.78 bits per heavy atom. The minimum Gasteiger partial charge on any atom is -0.363 e. The van der Waals surface area contributed by atoms with E-state index < -0.39 is 10.0 Å². The number of hydrogen-bond donors (Lipinski definition) is 2. The zero-order valence-corrected chi connectivity index (χ0v) is 20.7. The molecule has 2 N–H and O–H groups in total. The summed E-state index contributed by atoms with van der Waals surface area (Å²) in [7, 11) is -3.29. The number of benzene rings is 1. The van der Waals surface area contributed by atoms with Crippen LogP contribution in [0.3, 0.4) is 0 Å². The third kappa shape index (κ3) is 5.39. The molecule has 4 rings (SSSR count). The third-order valence-electron chi connectivity index (χ3n) is 5.96. The van der Waals surface area contributed by atoms with Gasteiger partial charge in [0.2, 0.25) is 10.0 Å². The van der Waals surface area contributed by atoms with Crippen LogP contribution < -0.4 is 10.0 Å². The second-order valence-corrected chi connectivity index (χ2v) is 11.6. The molecule has 1 aromatic carbocycles. The van der Waals surface area contributed by atoms with Crippen molar-refractivity contribution in [3.63, 3.8) is 0 Å². The van der Waals surface area contributed by atoms with Crippen LogP contribution in [0, 0.1) is 13.8 Å². The minimum absolute atomic E-state index is 0.00262. The highest BCUT2D eigenvalue weighted by Gasteiger charge is 2.19. The Morgan fingerprint density at radius 3 is 2.44 bits per heavy atom. The fraction of sp³-hybridized carbons (Fsp3) is 0.478. The van der Waals surface area contributed by atoms with E-state index in [4.69, 9.17) is 9.97 Å². The van der Waals surface area contributed by atoms with E-state index in [1.165, 1.54) is 29.7 Å². The van der Waals surface area contributed by atoms with Crippen LogP contribution in [0.5, 0.6) is 0 Å². The lowest BCUT2D eigenvalue weighted by Gasteiger charge is -2.26. The molecule has 0 spiro atoms. The second-order valence-electron chi connectivity index (χ2n) is 8.65. The SMILES string of the molecule is Cc1sc2nc(CN3CCCCC3)nc(NC(C)c3ccc(NS(C)(=O)=O)cc3)c2c1C. The molecule has 1 saturated heterocycles. The lowest BCUT2D eigenvalue weighted by atomic mass is 10.1. The molecule has 9 heteroatoms. The van der Waals surface area contributed by atoms with E-state index >= 15 is 0 Å². The van der Waals surface area contributed by atoms with Crippen molar-refractivity contribution in [3.8, 4) is 0 Å². The van der Waals surface area contributed by atoms with Gasteiger partial charge in [0.15, 0.2) is 0 Å². The van der Waals surface area contributed by atoms with Crippen molar-refractivity contribution < 1.29 is 8.42 Å². The Labute approximate surface area is 194 Å². The molecule has 3 aromatic rings. The van der Waals surface area contributed by atoms with Crippen LogP contribution in [0.25, 0.3) is 10.2 Å². The van der Waals surface area contributed by atoms with Crippen LogP contribution in [-0.4, -0.2) is 42.6 Å². The van der Waals surface area contributed by atoms with Crippen LogP contribution in [0.1, 0.15) is 54.1 Å². The molecule has 0 bridgehead atoms. The summed E-state index contributed by atoms with van der Waals surface area (Å²) in [4.78, 5) is 14.6. The summed E-state index contributed by atoms with van der Waals surface area (Å²) in [6.07, 6.45) is 4.94. The number of sulfonamides is 1. The quantitative estimate of drug-likeness (QED) is 0.511. The zero-order chi connectivity index (χ0) is 22.9. The highest BCUT2D eigenvalue weighted by Crippen LogP contribution is 2.35. The summed E-state index contributed by atoms with van der Waals surface area (Å²) >= 11 is 1.72. The molecule has 0 aliphatic carbocycles. The molecular weight excluding hydrogens is 442 g/mol. The van der Waals surface area contributed by atoms with Crippen LogP contribution in [0.4, 0.5) is 11.5 Å². The zero-order valence-electron chi connectivity index (χ0n) is 19.1. The molecule has 1 aliphatic rings. The second kappa shape index (κ2) is 9.33. The number of rotatable bonds is 7. The molecule has 3 heterocycles. The Hall–Kier alpha value is -2.23. The Kier molecular flexibility index (Phi) is 6.69. The Balaban J connectivity index is 1.60. The van der Waals surface area contributed by atoms with Crippen molar-refractivity contribution in [1.29, 1.82) is 0 Å². The molecule has 0 radical (unpaired) electrons. The smallest absolute Gasteiger partial charge is 0.229 e. The topological polar surface area (TPSA) is 87.2 Å². The molecule has 172 valence electrons. The van der Waals surface area contributed by atoms with Gasteiger partial charge in [-0.05, 0) is 70.0 Å². The summed E-state index contributed by atoms with van der Waals surface area (Å²) < 4.78 is 25.4. The van der Waals surface area contributed by atoms with Gasteiger partial charge in [-0.3, -0.25) is 9.62 Å². The van der Waals surface area contributed by atoms with Crippen molar-refractivity contribution in [3.05, 3.63) is 46.1 Å². The van der Waals surface area contributed by atoms with Crippen molar-refractivity contribution >= 4 is 43.1 Å². The highest BCUT2D eigenvalue weighted by molar-refractivity contribution is 7.92. The maximum Gasteiger partial charge on any atom is 0.229 e. The van der Waals surface area contributed by atoms with Crippen LogP contribution in [0.15, 0.2) is 24.3 Å². The van der Waals surface area contributed by atoms with Gasteiger partial charge in [0.1, 0.15) is 16.5 Å². The normalized spacial score (nSPS) is 16.2. The van der Waals surface area contributed by atoms with Gasteiger partial charge in [0.25, 0.3) is 0 Å². The number of thiophene rings is 1. The van der Waals surface area contributed by atoms with E-state index in [0.717, 1.165) is 53.3 Å². The molecule has 32 heavy (non-hydrogen) atoms. The van der Waals surface area contributed by atoms with Crippen LogP contribution >= 0.6 is 11.3 Å². The Morgan fingerprint density at radius 1 is 1.09 bits per heavy atom. The number of anilines is 2. The first-order valence-electron chi connectivity index (χ1n) is 11.0. The van der Waals surface area contributed by atoms with E-state index in [1.807, 2.05) is 12.1 Å². The summed E-state index contributed by atoms with van der Waals surface area (Å²) in [6, 6.07) is 7.44. The summed E-state index contributed by atoms with van der Waals surface area (Å²) in [5.74, 6) is 1.73. The molecular formula is C23H31N5O2S2. The monoisotopic (exact) mass is 473 g/mol. The van der Waals surface area contributed by atoms with Crippen LogP contribution in [-0.2, 0) is 16.6 Å². The van der Waals surface area contributed by atoms with Crippen molar-refractivity contribution in [2.75, 3.05) is 29.4 Å². The fourth-order valence-electron chi connectivity index (χ4n) is 4.13. The first kappa shape index (κ1) is 22.9. The minimum atomic E-state index is -3.29. The largest absolute Gasteiger partial charge is 0.363 e. The first-order valence-corrected chi connectivity index (χ1v) is 13.7. The highest BCUT2D eigenvalue weighted by atomic mass is 32.2. The maximum atomic E-state index is 11.5. The summed E-state index contributed by atoms with van der Waals surface area (Å²) in [5.41, 5.74) is 2.83. The Bertz CT molecular complexity index is 1200. The molecule has 0 saturated carbocycles. The van der Waals surface area contributed by atoms with E-state index in [1.54, 1.807) is 23.5 Å². The van der Waals surface area contributed by atoms with Crippen molar-refractivity contribution in [2.45, 2.75) is 52.6 Å². The summed E-state index contributed by atoms with van der Waals surface area (Å²) in [6.45, 7) is 9.34. The van der Waals surface area contributed by atoms with Gasteiger partial charge in [-0.25, -0.2) is 18.4 Å². The molecule has 0 amide bonds. The number of fused-ring (bicyclic) bond motifs is 1. The van der Waals surface area contributed by atoms with E-state index in [9.17, 15) is 8.42 Å². The van der Waals surface area contributed by atoms with E-state index in [0.29, 0.717) is 5.69 Å². The standard InChI is InChI=1S/C23H31N5O2S2/c1-15-17(3)31-23-21(15)22(25-20(26-23)14-28-12-6-5-7-13-28)24-16(2)18-8-10-19(11-9-18)27-32(4,29)30/h8-11,16,27H,5-7,12-14H2,1-4H3,(H,24,25,26). The van der Waals surface area contributed by atoms with Gasteiger partial charge < -0.3 is 5.32 Å². The number of piperidine rings is 1. The lowest BCUT2D eigenvalue weighted by molar-refractivity contribution is 0.216. The van der Waals surface area contributed by atoms with Gasteiger partial charge in [-0.2, -0.15) is 0 Å². The van der Waals surface area contributed by atoms with Crippen molar-refractivity contribution in [2.24, 2.45) is 0 Å². The van der Waals surface area contributed by atoms with Crippen molar-refractivity contribution in [1.82, 2.24) is 14.9 Å². The van der Waals surface area contributed by atoms with Gasteiger partial charge >= 0.3 is 0 Å². The number of aryl methyl sites for hydroxylation is 2. The van der Waals surface area contributed by atoms with Gasteiger partial charge in [0.05, 0.1) is 18.2 Å². The third-order valence-corrected chi connectivity index (χ3v) is 7.66. The van der Waals surface area contributed by atoms with Crippen LogP contribution in [0.2, 0.25) is 0 Å². The predicted octanol–water partition coefficient (Wildman–Crippen LogP) is 4.84. The number of nitrogens with one attached hydrogen (secondary N) is 2. The fourth-order valence-corrected chi connectivity index (χ4v) is 5.74. The van der Waals surface area contributed by atoms with Gasteiger partial charge in [0, 0.05) is 16.6 Å². The lowest BCUT2D eigenvalue weighted by Crippen LogP contribution is -2.30. The van der Waals surface area contributed by atoms with Gasteiger partial charge in [-0.1, -0.05) is 18.6 Å². The molecule has 1 aliphatic heterocycles. The van der Waals surface area contributed by atoms with Gasteiger partial charge in [-0.15, -0.1) is 11.3 Å². The number of nitrogens with zero attached hydrogens (tertiary/aromatic N) is 3. The first-order chi connectivity index (χ1) is 15.2. The molecule has 7 nitrogen and oxygen atoms in total. The number of aromatic nitrogens is 2. The summed E-state index contributed by atoms with van der Waals surface area (Å²) in [5, 5.41) is 4.69. The van der Waals surface area contributed by atoms with E-state index in [2.05, 4.69) is 35.7 Å². The maximum absolute atomic E-state index is 11.5. The number of hydrogen-bond acceptors (Lipinski definition) is 7. The number of likely N-dealkylation sites (tertiary alicyclic amines) is 1. The average Bonchev–Trinajstić information content (AvgIpc) is 3.02. The van der Waals surface area contributed by atoms with E-state index in [-0.39, 0.29) is 6.04 Å². The molecule has 1 unspecified atom stereocenters. The predicted molar refractivity (Wildman–Crippen MR) is 133 cm³/mol. The molecule has 1 fully saturated rings. The average molecular weight is 474 g/mol.